The topological polar surface area (TPSA) is 30.8 Å². The zero-order valence-corrected chi connectivity index (χ0v) is 8.00. The van der Waals surface area contributed by atoms with E-state index in [1.165, 1.54) is 0 Å². The Labute approximate surface area is 82.8 Å². The van der Waals surface area contributed by atoms with E-state index in [1.54, 1.807) is 13.3 Å². The first-order valence-corrected chi connectivity index (χ1v) is 3.72. The molecule has 0 aliphatic carbocycles. The van der Waals surface area contributed by atoms with Gasteiger partial charge < -0.3 is 9.47 Å². The molecule has 2 rings (SSSR count). The van der Waals surface area contributed by atoms with E-state index in [0.717, 1.165) is 17.1 Å². The molecule has 0 atom stereocenters. The summed E-state index contributed by atoms with van der Waals surface area (Å²) in [6.07, 6.45) is 1.78. The summed E-state index contributed by atoms with van der Waals surface area (Å²) in [6.45, 7) is 0.321. The van der Waals surface area contributed by atoms with Crippen LogP contribution in [0.25, 0.3) is 0 Å². The molecule has 0 aromatic heterocycles. The van der Waals surface area contributed by atoms with Gasteiger partial charge in [0.1, 0.15) is 0 Å². The molecule has 0 fully saturated rings. The molecule has 1 aliphatic rings. The Hall–Kier alpha value is -1.22. The third-order valence-corrected chi connectivity index (χ3v) is 1.67. The van der Waals surface area contributed by atoms with E-state index in [1.807, 2.05) is 18.2 Å². The third kappa shape index (κ3) is 1.92. The van der Waals surface area contributed by atoms with Crippen molar-refractivity contribution in [2.45, 2.75) is 0 Å². The minimum atomic E-state index is 0. The summed E-state index contributed by atoms with van der Waals surface area (Å²) in [7, 11) is 1.74. The van der Waals surface area contributed by atoms with Crippen molar-refractivity contribution in [2.75, 3.05) is 13.8 Å². The van der Waals surface area contributed by atoms with Crippen LogP contribution in [-0.2, 0) is 0 Å². The van der Waals surface area contributed by atoms with E-state index in [-0.39, 0.29) is 12.4 Å². The largest absolute Gasteiger partial charge is 0.454 e. The fraction of sp³-hybridized carbons (Fsp3) is 0.222. The van der Waals surface area contributed by atoms with Crippen LogP contribution in [0.1, 0.15) is 5.56 Å². The van der Waals surface area contributed by atoms with Gasteiger partial charge in [0.15, 0.2) is 11.5 Å². The molecule has 0 spiro atoms. The summed E-state index contributed by atoms with van der Waals surface area (Å²) in [5, 5.41) is 0. The first-order valence-electron chi connectivity index (χ1n) is 3.72. The van der Waals surface area contributed by atoms with E-state index >= 15 is 0 Å². The van der Waals surface area contributed by atoms with E-state index in [0.29, 0.717) is 6.79 Å². The third-order valence-electron chi connectivity index (χ3n) is 1.67. The number of rotatable bonds is 1. The van der Waals surface area contributed by atoms with Gasteiger partial charge in [0.05, 0.1) is 0 Å². The molecular weight excluding hydrogens is 190 g/mol. The van der Waals surface area contributed by atoms with Crippen molar-refractivity contribution in [3.8, 4) is 11.5 Å². The Balaban J connectivity index is 0.000000845. The molecule has 3 nitrogen and oxygen atoms in total. The Morgan fingerprint density at radius 2 is 2.08 bits per heavy atom. The highest BCUT2D eigenvalue weighted by molar-refractivity contribution is 5.85. The average molecular weight is 200 g/mol. The molecule has 0 amide bonds. The molecular formula is C9H10ClNO2. The minimum Gasteiger partial charge on any atom is -0.454 e. The molecule has 0 saturated carbocycles. The summed E-state index contributed by atoms with van der Waals surface area (Å²) in [5.74, 6) is 1.61. The lowest BCUT2D eigenvalue weighted by Crippen LogP contribution is -1.92. The Morgan fingerprint density at radius 1 is 1.31 bits per heavy atom. The maximum Gasteiger partial charge on any atom is 0.231 e. The van der Waals surface area contributed by atoms with Gasteiger partial charge >= 0.3 is 0 Å². The van der Waals surface area contributed by atoms with Gasteiger partial charge in [-0.2, -0.15) is 0 Å². The van der Waals surface area contributed by atoms with E-state index in [9.17, 15) is 0 Å². The predicted octanol–water partition coefficient (Wildman–Crippen LogP) is 1.89. The maximum atomic E-state index is 5.20. The Kier molecular flexibility index (Phi) is 3.14. The van der Waals surface area contributed by atoms with Crippen LogP contribution in [0.2, 0.25) is 0 Å². The van der Waals surface area contributed by atoms with Gasteiger partial charge in [0.25, 0.3) is 0 Å². The zero-order chi connectivity index (χ0) is 8.39. The van der Waals surface area contributed by atoms with Crippen molar-refractivity contribution in [1.82, 2.24) is 0 Å². The van der Waals surface area contributed by atoms with Gasteiger partial charge in [-0.1, -0.05) is 0 Å². The van der Waals surface area contributed by atoms with E-state index in [4.69, 9.17) is 9.47 Å². The second-order valence-electron chi connectivity index (χ2n) is 2.50. The molecule has 1 aromatic rings. The van der Waals surface area contributed by atoms with Crippen LogP contribution in [0.5, 0.6) is 11.5 Å². The minimum absolute atomic E-state index is 0. The molecule has 1 aromatic carbocycles. The molecule has 70 valence electrons. The lowest BCUT2D eigenvalue weighted by molar-refractivity contribution is 0.174. The number of nitrogens with zero attached hydrogens (tertiary/aromatic N) is 1. The summed E-state index contributed by atoms with van der Waals surface area (Å²) < 4.78 is 10.4. The Bertz CT molecular complexity index is 325. The second kappa shape index (κ2) is 4.14. The van der Waals surface area contributed by atoms with Crippen LogP contribution in [0.4, 0.5) is 0 Å². The predicted molar refractivity (Wildman–Crippen MR) is 53.3 cm³/mol. The molecule has 0 unspecified atom stereocenters. The molecule has 13 heavy (non-hydrogen) atoms. The molecule has 1 aliphatic heterocycles. The SMILES string of the molecule is CN=Cc1ccc2c(c1)OCO2.Cl. The number of halogens is 1. The average Bonchev–Trinajstić information content (AvgIpc) is 2.51. The number of ether oxygens (including phenoxy) is 2. The van der Waals surface area contributed by atoms with E-state index in [2.05, 4.69) is 4.99 Å². The highest BCUT2D eigenvalue weighted by atomic mass is 35.5. The summed E-state index contributed by atoms with van der Waals surface area (Å²) >= 11 is 0. The monoisotopic (exact) mass is 199 g/mol. The van der Waals surface area contributed by atoms with Gasteiger partial charge in [-0.3, -0.25) is 4.99 Å². The van der Waals surface area contributed by atoms with Crippen LogP contribution in [0.3, 0.4) is 0 Å². The van der Waals surface area contributed by atoms with Crippen molar-refractivity contribution in [3.05, 3.63) is 23.8 Å². The van der Waals surface area contributed by atoms with Crippen LogP contribution in [0.15, 0.2) is 23.2 Å². The van der Waals surface area contributed by atoms with Crippen molar-refractivity contribution < 1.29 is 9.47 Å². The van der Waals surface area contributed by atoms with Crippen LogP contribution in [0, 0.1) is 0 Å². The van der Waals surface area contributed by atoms with Crippen LogP contribution in [-0.4, -0.2) is 20.1 Å². The molecule has 0 N–H and O–H groups in total. The normalized spacial score (nSPS) is 13.0. The van der Waals surface area contributed by atoms with Gasteiger partial charge in [-0.05, 0) is 23.8 Å². The van der Waals surface area contributed by atoms with Gasteiger partial charge in [0.2, 0.25) is 6.79 Å². The maximum absolute atomic E-state index is 5.20. The standard InChI is InChI=1S/C9H9NO2.ClH/c1-10-5-7-2-3-8-9(4-7)12-6-11-8;/h2-5H,6H2,1H3;1H. The number of aliphatic imine (C=N–C) groups is 1. The second-order valence-corrected chi connectivity index (χ2v) is 2.50. The molecule has 0 saturated heterocycles. The smallest absolute Gasteiger partial charge is 0.231 e. The lowest BCUT2D eigenvalue weighted by atomic mass is 10.2. The lowest BCUT2D eigenvalue weighted by Gasteiger charge is -1.95. The molecule has 0 bridgehead atoms. The van der Waals surface area contributed by atoms with E-state index < -0.39 is 0 Å². The Morgan fingerprint density at radius 3 is 2.85 bits per heavy atom. The highest BCUT2D eigenvalue weighted by Crippen LogP contribution is 2.31. The van der Waals surface area contributed by atoms with Crippen LogP contribution >= 0.6 is 12.4 Å². The number of benzene rings is 1. The summed E-state index contributed by atoms with van der Waals surface area (Å²) in [6, 6.07) is 5.75. The highest BCUT2D eigenvalue weighted by Gasteiger charge is 2.11. The number of hydrogen-bond acceptors (Lipinski definition) is 3. The van der Waals surface area contributed by atoms with Gasteiger partial charge in [-0.25, -0.2) is 0 Å². The molecule has 4 heteroatoms. The van der Waals surface area contributed by atoms with Crippen molar-refractivity contribution in [1.29, 1.82) is 0 Å². The number of hydrogen-bond donors (Lipinski definition) is 0. The first kappa shape index (κ1) is 9.86. The quantitative estimate of drug-likeness (QED) is 0.647. The fourth-order valence-electron chi connectivity index (χ4n) is 1.14. The molecule has 1 heterocycles. The summed E-state index contributed by atoms with van der Waals surface area (Å²) in [4.78, 5) is 3.91. The zero-order valence-electron chi connectivity index (χ0n) is 7.19. The van der Waals surface area contributed by atoms with Crippen molar-refractivity contribution in [2.24, 2.45) is 4.99 Å². The van der Waals surface area contributed by atoms with Crippen molar-refractivity contribution >= 4 is 18.6 Å². The first-order chi connectivity index (χ1) is 5.90. The fourth-order valence-corrected chi connectivity index (χ4v) is 1.14. The van der Waals surface area contributed by atoms with Gasteiger partial charge in [-0.15, -0.1) is 12.4 Å². The van der Waals surface area contributed by atoms with Crippen molar-refractivity contribution in [3.63, 3.8) is 0 Å². The molecule has 0 radical (unpaired) electrons. The van der Waals surface area contributed by atoms with Crippen LogP contribution < -0.4 is 9.47 Å². The van der Waals surface area contributed by atoms with Gasteiger partial charge in [0, 0.05) is 13.3 Å². The number of fused-ring (bicyclic) bond motifs is 1. The summed E-state index contributed by atoms with van der Waals surface area (Å²) in [5.41, 5.74) is 1.03.